The molecule has 0 N–H and O–H groups in total. The maximum atomic E-state index is 2.40. The maximum absolute atomic E-state index is 2.40. The van der Waals surface area contributed by atoms with Crippen LogP contribution in [0.2, 0.25) is 0 Å². The number of rotatable bonds is 6. The molecule has 0 unspecified atom stereocenters. The summed E-state index contributed by atoms with van der Waals surface area (Å²) < 4.78 is 0. The highest BCUT2D eigenvalue weighted by Gasteiger charge is 2.36. The van der Waals surface area contributed by atoms with E-state index in [0.29, 0.717) is 0 Å². The molecule has 0 saturated carbocycles. The largest absolute Gasteiger partial charge is 0.310 e. The van der Waals surface area contributed by atoms with Crippen molar-refractivity contribution in [1.29, 1.82) is 0 Å². The quantitative estimate of drug-likeness (QED) is 0.201. The van der Waals surface area contributed by atoms with Crippen LogP contribution in [0.5, 0.6) is 0 Å². The first-order valence-electron chi connectivity index (χ1n) is 15.0. The highest BCUT2D eigenvalue weighted by Crippen LogP contribution is 2.52. The lowest BCUT2D eigenvalue weighted by atomic mass is 9.82. The van der Waals surface area contributed by atoms with Crippen molar-refractivity contribution >= 4 is 34.1 Å². The van der Waals surface area contributed by atoms with Gasteiger partial charge in [0.05, 0.1) is 0 Å². The van der Waals surface area contributed by atoms with Gasteiger partial charge in [0.2, 0.25) is 0 Å². The Morgan fingerprint density at radius 1 is 0.372 bits per heavy atom. The van der Waals surface area contributed by atoms with Gasteiger partial charge in [0.15, 0.2) is 0 Å². The molecule has 0 aromatic heterocycles. The third kappa shape index (κ3) is 4.79. The van der Waals surface area contributed by atoms with Crippen molar-refractivity contribution in [2.24, 2.45) is 0 Å². The number of para-hydroxylation sites is 2. The van der Waals surface area contributed by atoms with Crippen LogP contribution in [-0.4, -0.2) is 0 Å². The van der Waals surface area contributed by atoms with Gasteiger partial charge in [0.1, 0.15) is 0 Å². The molecule has 1 aliphatic rings. The molecule has 0 amide bonds. The molecule has 6 aromatic carbocycles. The topological polar surface area (TPSA) is 6.48 Å². The van der Waals surface area contributed by atoms with Crippen LogP contribution < -0.4 is 9.80 Å². The van der Waals surface area contributed by atoms with E-state index in [2.05, 4.69) is 183 Å². The molecule has 0 aliphatic heterocycles. The van der Waals surface area contributed by atoms with Crippen LogP contribution in [0.4, 0.5) is 34.1 Å². The van der Waals surface area contributed by atoms with E-state index >= 15 is 0 Å². The first kappa shape index (κ1) is 26.8. The third-order valence-electron chi connectivity index (χ3n) is 8.77. The highest BCUT2D eigenvalue weighted by molar-refractivity contribution is 5.88. The summed E-state index contributed by atoms with van der Waals surface area (Å²) in [6.45, 7) is 9.00. The van der Waals surface area contributed by atoms with Crippen LogP contribution in [0.3, 0.4) is 0 Å². The molecule has 210 valence electrons. The molecule has 7 rings (SSSR count). The molecule has 0 heterocycles. The van der Waals surface area contributed by atoms with Crippen LogP contribution in [-0.2, 0) is 5.41 Å². The maximum Gasteiger partial charge on any atom is 0.0465 e. The minimum atomic E-state index is -0.165. The van der Waals surface area contributed by atoms with E-state index in [0.717, 1.165) is 22.7 Å². The Morgan fingerprint density at radius 3 is 1.07 bits per heavy atom. The minimum absolute atomic E-state index is 0.165. The molecule has 0 saturated heterocycles. The van der Waals surface area contributed by atoms with E-state index in [1.54, 1.807) is 0 Å². The number of benzene rings is 6. The Bertz CT molecular complexity index is 1750. The van der Waals surface area contributed by atoms with Crippen molar-refractivity contribution in [3.63, 3.8) is 0 Å². The molecule has 43 heavy (non-hydrogen) atoms. The fourth-order valence-electron chi connectivity index (χ4n) is 6.43. The second-order valence-corrected chi connectivity index (χ2v) is 12.1. The first-order chi connectivity index (χ1) is 20.9. The zero-order valence-corrected chi connectivity index (χ0v) is 25.3. The van der Waals surface area contributed by atoms with Crippen molar-refractivity contribution in [2.75, 3.05) is 9.80 Å². The molecule has 0 atom stereocenters. The van der Waals surface area contributed by atoms with E-state index in [-0.39, 0.29) is 5.41 Å². The van der Waals surface area contributed by atoms with Crippen molar-refractivity contribution < 1.29 is 0 Å². The third-order valence-corrected chi connectivity index (χ3v) is 8.77. The summed E-state index contributed by atoms with van der Waals surface area (Å²) >= 11 is 0. The average molecular weight is 557 g/mol. The van der Waals surface area contributed by atoms with Gasteiger partial charge in [-0.1, -0.05) is 97.8 Å². The van der Waals surface area contributed by atoms with Crippen LogP contribution >= 0.6 is 0 Å². The zero-order chi connectivity index (χ0) is 29.6. The molecule has 2 heteroatoms. The summed E-state index contributed by atoms with van der Waals surface area (Å²) in [6.07, 6.45) is 0. The molecule has 0 radical (unpaired) electrons. The lowest BCUT2D eigenvalue weighted by Crippen LogP contribution is -2.17. The fraction of sp³-hybridized carbons (Fsp3) is 0.122. The number of aryl methyl sites for hydroxylation is 2. The van der Waals surface area contributed by atoms with Crippen LogP contribution in [0, 0.1) is 13.8 Å². The molecular formula is C41H36N2. The minimum Gasteiger partial charge on any atom is -0.310 e. The zero-order valence-electron chi connectivity index (χ0n) is 25.3. The summed E-state index contributed by atoms with van der Waals surface area (Å²) in [6, 6.07) is 52.9. The number of hydrogen-bond acceptors (Lipinski definition) is 2. The Balaban J connectivity index is 1.33. The van der Waals surface area contributed by atoms with Crippen molar-refractivity contribution in [3.05, 3.63) is 168 Å². The van der Waals surface area contributed by atoms with E-state index in [4.69, 9.17) is 0 Å². The SMILES string of the molecule is Cc1ccc(N(c2ccccc2)c2ccc3c(c2)C(C)(C)c2cc(N(c4ccccc4)c4ccc(C)cc4)ccc2-3)cc1. The van der Waals surface area contributed by atoms with Crippen LogP contribution in [0.25, 0.3) is 11.1 Å². The summed E-state index contributed by atoms with van der Waals surface area (Å²) in [5.41, 5.74) is 14.6. The summed E-state index contributed by atoms with van der Waals surface area (Å²) in [7, 11) is 0. The van der Waals surface area contributed by atoms with Gasteiger partial charge in [-0.25, -0.2) is 0 Å². The Hall–Kier alpha value is -5.08. The van der Waals surface area contributed by atoms with Crippen molar-refractivity contribution in [3.8, 4) is 11.1 Å². The molecule has 2 nitrogen and oxygen atoms in total. The van der Waals surface area contributed by atoms with Gasteiger partial charge in [0.25, 0.3) is 0 Å². The van der Waals surface area contributed by atoms with E-state index in [9.17, 15) is 0 Å². The Labute approximate surface area is 255 Å². The highest BCUT2D eigenvalue weighted by atomic mass is 15.1. The van der Waals surface area contributed by atoms with Crippen molar-refractivity contribution in [1.82, 2.24) is 0 Å². The normalized spacial score (nSPS) is 12.8. The number of fused-ring (bicyclic) bond motifs is 3. The Morgan fingerprint density at radius 2 is 0.698 bits per heavy atom. The van der Waals surface area contributed by atoms with Gasteiger partial charge < -0.3 is 9.80 Å². The van der Waals surface area contributed by atoms with Crippen LogP contribution in [0.15, 0.2) is 146 Å². The summed E-state index contributed by atoms with van der Waals surface area (Å²) in [4.78, 5) is 4.72. The Kier molecular flexibility index (Phi) is 6.63. The lowest BCUT2D eigenvalue weighted by Gasteiger charge is -2.29. The summed E-state index contributed by atoms with van der Waals surface area (Å²) in [5.74, 6) is 0. The second kappa shape index (κ2) is 10.6. The fourth-order valence-corrected chi connectivity index (χ4v) is 6.43. The van der Waals surface area contributed by atoms with Crippen LogP contribution in [0.1, 0.15) is 36.1 Å². The molecular weight excluding hydrogens is 520 g/mol. The molecule has 0 fully saturated rings. The van der Waals surface area contributed by atoms with E-state index in [1.807, 2.05) is 0 Å². The summed E-state index contributed by atoms with van der Waals surface area (Å²) in [5, 5.41) is 0. The van der Waals surface area contributed by atoms with E-state index in [1.165, 1.54) is 44.8 Å². The molecule has 0 bridgehead atoms. The van der Waals surface area contributed by atoms with Gasteiger partial charge in [0, 0.05) is 39.5 Å². The van der Waals surface area contributed by atoms with E-state index < -0.39 is 0 Å². The lowest BCUT2D eigenvalue weighted by molar-refractivity contribution is 0.660. The van der Waals surface area contributed by atoms with Gasteiger partial charge in [-0.05, 0) is 109 Å². The molecule has 0 spiro atoms. The number of hydrogen-bond donors (Lipinski definition) is 0. The standard InChI is InChI=1S/C41H36N2/c1-29-15-19-33(20-16-29)42(31-11-7-5-8-12-31)35-23-25-37-38-26-24-36(28-40(38)41(3,4)39(37)27-35)43(32-13-9-6-10-14-32)34-21-17-30(2)18-22-34/h5-28H,1-4H3. The van der Waals surface area contributed by atoms with Crippen molar-refractivity contribution in [2.45, 2.75) is 33.1 Å². The van der Waals surface area contributed by atoms with Gasteiger partial charge >= 0.3 is 0 Å². The van der Waals surface area contributed by atoms with Gasteiger partial charge in [-0.3, -0.25) is 0 Å². The van der Waals surface area contributed by atoms with Gasteiger partial charge in [-0.2, -0.15) is 0 Å². The molecule has 6 aromatic rings. The number of nitrogens with zero attached hydrogens (tertiary/aromatic N) is 2. The second-order valence-electron chi connectivity index (χ2n) is 12.1. The smallest absolute Gasteiger partial charge is 0.0465 e. The average Bonchev–Trinajstić information content (AvgIpc) is 3.26. The molecule has 1 aliphatic carbocycles. The first-order valence-corrected chi connectivity index (χ1v) is 15.0. The predicted molar refractivity (Wildman–Crippen MR) is 183 cm³/mol. The predicted octanol–water partition coefficient (Wildman–Crippen LogP) is 11.5. The monoisotopic (exact) mass is 556 g/mol. The van der Waals surface area contributed by atoms with Gasteiger partial charge in [-0.15, -0.1) is 0 Å². The number of anilines is 6.